The van der Waals surface area contributed by atoms with Gasteiger partial charge in [0.15, 0.2) is 74.1 Å². The lowest BCUT2D eigenvalue weighted by atomic mass is 9.98. The van der Waals surface area contributed by atoms with Crippen LogP contribution in [0.1, 0.15) is 201 Å². The Morgan fingerprint density at radius 1 is 0.387 bits per heavy atom. The van der Waals surface area contributed by atoms with E-state index in [0.717, 1.165) is 44.1 Å². The fourth-order valence-corrected chi connectivity index (χ4v) is 15.5. The molecule has 0 saturated heterocycles. The number of ether oxygens (including phenoxy) is 9. The van der Waals surface area contributed by atoms with Crippen molar-refractivity contribution in [3.05, 3.63) is 195 Å². The van der Waals surface area contributed by atoms with Crippen LogP contribution in [0, 0.1) is 11.3 Å². The standard InChI is InChI=1S/C23H30N4O7.C22H26N4O4.C19H30N4O5.2C17H26N4O4/c1-14(34-22(29)15-11-16(31-4)19(33-6)17(12-15)32-5)9-7-8-10-27-21(28)18-20(24-13-25(18)2)26(3)23(27)30;1-16(30-18(27)13-12-17-10-5-4-6-11-17)9-7-8-14-26-21(28)19-20(23-15-24(19)2)25(3)22(26)29;1-13(27-12-28-17(25)19(2,3)4)9-7-8-10-23-16(24)14-15(20-11-21(14)5)22(6)18(23)26;1-11(2)16(23)25-12(3)8-6-7-9-21-15(22)13-14(18-10-19(13)4)20(5)17(21)24;1-5-8-13(22)25-12(2)9-6-7-10-21-16(23)14-15(18-11-19(14)3)20(4)17(21)24/h11-14H,7-10H2,1-6H3;4-6,10-13,15-16H,7-9,14H2,1-3H3;11,13H,7-10,12H2,1-6H3;10-12H,6-9H2,1-5H3;11-12H,5-10H2,1-4H3/b;13-12+;;;. The third-order valence-corrected chi connectivity index (χ3v) is 23.7. The van der Waals surface area contributed by atoms with Crippen LogP contribution in [-0.4, -0.2) is 182 Å². The molecule has 5 atom stereocenters. The van der Waals surface area contributed by atoms with Gasteiger partial charge in [0, 0.05) is 116 Å². The average Bonchev–Trinajstić information content (AvgIpc) is 1.75. The molecule has 0 fully saturated rings. The molecule has 0 aliphatic rings. The highest BCUT2D eigenvalue weighted by molar-refractivity contribution is 5.91. The highest BCUT2D eigenvalue weighted by Gasteiger charge is 2.27. The van der Waals surface area contributed by atoms with Gasteiger partial charge in [-0.2, -0.15) is 0 Å². The Bertz CT molecular complexity index is 7060. The molecule has 142 heavy (non-hydrogen) atoms. The van der Waals surface area contributed by atoms with E-state index in [-0.39, 0.29) is 124 Å². The first kappa shape index (κ1) is 113. The maximum atomic E-state index is 12.8. The number of carbonyl (C=O) groups is 5. The Hall–Kier alpha value is -14.4. The molecule has 0 saturated carbocycles. The van der Waals surface area contributed by atoms with Gasteiger partial charge in [0.25, 0.3) is 27.8 Å². The molecule has 2 aromatic carbocycles. The van der Waals surface area contributed by atoms with Crippen LogP contribution in [-0.2, 0) is 151 Å². The summed E-state index contributed by atoms with van der Waals surface area (Å²) in [5, 5.41) is 0. The van der Waals surface area contributed by atoms with Crippen molar-refractivity contribution < 1.29 is 66.6 Å². The van der Waals surface area contributed by atoms with Crippen LogP contribution >= 0.6 is 0 Å². The zero-order valence-corrected chi connectivity index (χ0v) is 86.1. The number of imidazole rings is 5. The Balaban J connectivity index is 0.000000218. The zero-order valence-electron chi connectivity index (χ0n) is 86.1. The van der Waals surface area contributed by atoms with Gasteiger partial charge in [-0.25, -0.2) is 58.5 Å². The number of hydrogen-bond donors (Lipinski definition) is 0. The molecule has 12 rings (SSSR count). The van der Waals surface area contributed by atoms with Gasteiger partial charge in [0.1, 0.15) is 0 Å². The van der Waals surface area contributed by atoms with E-state index in [4.69, 9.17) is 42.6 Å². The van der Waals surface area contributed by atoms with E-state index in [2.05, 4.69) is 24.9 Å². The minimum atomic E-state index is -0.555. The van der Waals surface area contributed by atoms with Crippen molar-refractivity contribution in [2.75, 3.05) is 28.1 Å². The molecule has 10 aromatic heterocycles. The Labute approximate surface area is 819 Å². The molecule has 0 radical (unpaired) electrons. The summed E-state index contributed by atoms with van der Waals surface area (Å²) in [5.74, 6) is -0.634. The van der Waals surface area contributed by atoms with E-state index in [0.29, 0.717) is 170 Å². The second-order valence-corrected chi connectivity index (χ2v) is 36.5. The number of aromatic nitrogens is 20. The topological polar surface area (TPSA) is 478 Å². The van der Waals surface area contributed by atoms with Crippen molar-refractivity contribution in [3.8, 4) is 17.2 Å². The molecule has 0 spiro atoms. The molecule has 774 valence electrons. The average molecular weight is 1980 g/mol. The minimum absolute atomic E-state index is 0.0750. The van der Waals surface area contributed by atoms with Gasteiger partial charge in [-0.3, -0.25) is 84.0 Å². The van der Waals surface area contributed by atoms with Crippen molar-refractivity contribution in [1.29, 1.82) is 0 Å². The number of aryl methyl sites for hydroxylation is 10. The van der Waals surface area contributed by atoms with Gasteiger partial charge < -0.3 is 65.5 Å². The van der Waals surface area contributed by atoms with Gasteiger partial charge >= 0.3 is 58.3 Å². The molecule has 12 aromatic rings. The van der Waals surface area contributed by atoms with Crippen LogP contribution in [0.4, 0.5) is 0 Å². The number of rotatable bonds is 41. The number of benzene rings is 2. The van der Waals surface area contributed by atoms with Gasteiger partial charge in [-0.15, -0.1) is 0 Å². The minimum Gasteiger partial charge on any atom is -0.493 e. The maximum Gasteiger partial charge on any atom is 0.338 e. The lowest BCUT2D eigenvalue weighted by molar-refractivity contribution is -0.169. The first-order valence-electron chi connectivity index (χ1n) is 47.4. The summed E-state index contributed by atoms with van der Waals surface area (Å²) in [4.78, 5) is 205. The van der Waals surface area contributed by atoms with Crippen LogP contribution in [0.25, 0.3) is 61.9 Å². The van der Waals surface area contributed by atoms with Crippen LogP contribution < -0.4 is 70.5 Å². The third kappa shape index (κ3) is 29.0. The molecule has 10 heterocycles. The maximum absolute atomic E-state index is 12.8. The lowest BCUT2D eigenvalue weighted by Crippen LogP contribution is -2.39. The molecule has 5 unspecified atom stereocenters. The number of unbranched alkanes of at least 4 members (excludes halogenated alkanes) is 5. The van der Waals surface area contributed by atoms with E-state index in [1.54, 1.807) is 141 Å². The summed E-state index contributed by atoms with van der Waals surface area (Å²) in [6.45, 7) is 21.6. The van der Waals surface area contributed by atoms with Gasteiger partial charge in [0.2, 0.25) is 5.75 Å². The second-order valence-electron chi connectivity index (χ2n) is 36.5. The highest BCUT2D eigenvalue weighted by Crippen LogP contribution is 2.38. The summed E-state index contributed by atoms with van der Waals surface area (Å²) >= 11 is 0. The van der Waals surface area contributed by atoms with Gasteiger partial charge in [-0.05, 0) is 182 Å². The van der Waals surface area contributed by atoms with Gasteiger partial charge in [-0.1, -0.05) is 51.1 Å². The van der Waals surface area contributed by atoms with E-state index in [9.17, 15) is 71.9 Å². The quantitative estimate of drug-likeness (QED) is 0.0114. The van der Waals surface area contributed by atoms with Crippen molar-refractivity contribution >= 4 is 91.7 Å². The van der Waals surface area contributed by atoms with Crippen LogP contribution in [0.2, 0.25) is 0 Å². The first-order valence-corrected chi connectivity index (χ1v) is 47.4. The van der Waals surface area contributed by atoms with Gasteiger partial charge in [0.05, 0.1) is 100 Å². The molecule has 0 aliphatic carbocycles. The highest BCUT2D eigenvalue weighted by atomic mass is 16.7. The molecule has 0 N–H and O–H groups in total. The Kier molecular flexibility index (Phi) is 41.5. The van der Waals surface area contributed by atoms with E-state index in [1.807, 2.05) is 65.0 Å². The largest absolute Gasteiger partial charge is 0.493 e. The first-order chi connectivity index (χ1) is 67.2. The van der Waals surface area contributed by atoms with Crippen molar-refractivity contribution in [1.82, 2.24) is 93.4 Å². The predicted octanol–water partition coefficient (Wildman–Crippen LogP) is 8.21. The van der Waals surface area contributed by atoms with E-state index in [1.165, 1.54) is 117 Å². The molecule has 44 heteroatoms. The number of fused-ring (bicyclic) bond motifs is 5. The number of esters is 5. The third-order valence-electron chi connectivity index (χ3n) is 23.7. The van der Waals surface area contributed by atoms with E-state index >= 15 is 0 Å². The van der Waals surface area contributed by atoms with Crippen LogP contribution in [0.5, 0.6) is 17.2 Å². The Morgan fingerprint density at radius 3 is 0.986 bits per heavy atom. The fraction of sp³-hybridized carbons (Fsp3) is 0.551. The summed E-state index contributed by atoms with van der Waals surface area (Å²) in [5.41, 5.74) is 1.08. The zero-order chi connectivity index (χ0) is 105. The molecule has 0 aliphatic heterocycles. The monoisotopic (exact) mass is 1980 g/mol. The second kappa shape index (κ2) is 52.2. The number of carbonyl (C=O) groups excluding carboxylic acids is 5. The van der Waals surface area contributed by atoms with Crippen molar-refractivity contribution in [3.63, 3.8) is 0 Å². The number of methoxy groups -OCH3 is 3. The Morgan fingerprint density at radius 2 is 0.690 bits per heavy atom. The summed E-state index contributed by atoms with van der Waals surface area (Å²) in [6, 6.07) is 12.6. The molecular formula is C98H138N20O24. The smallest absolute Gasteiger partial charge is 0.338 e. The normalized spacial score (nSPS) is 12.5. The molecule has 0 amide bonds. The predicted molar refractivity (Wildman–Crippen MR) is 534 cm³/mol. The van der Waals surface area contributed by atoms with E-state index < -0.39 is 23.0 Å². The number of nitrogens with zero attached hydrogens (tertiary/aromatic N) is 20. The van der Waals surface area contributed by atoms with Crippen molar-refractivity contribution in [2.45, 2.75) is 249 Å². The summed E-state index contributed by atoms with van der Waals surface area (Å²) in [6.07, 6.45) is 21.1. The summed E-state index contributed by atoms with van der Waals surface area (Å²) in [7, 11) is 21.1. The fourth-order valence-electron chi connectivity index (χ4n) is 15.5. The number of hydrogen-bond acceptors (Lipinski definition) is 29. The molecule has 44 nitrogen and oxygen atoms in total. The van der Waals surface area contributed by atoms with Crippen LogP contribution in [0.15, 0.2) is 128 Å². The summed E-state index contributed by atoms with van der Waals surface area (Å²) < 4.78 is 69.2. The lowest BCUT2D eigenvalue weighted by Gasteiger charge is -2.18. The van der Waals surface area contributed by atoms with Crippen LogP contribution in [0.3, 0.4) is 0 Å². The molecular weight excluding hydrogens is 1840 g/mol. The van der Waals surface area contributed by atoms with Crippen molar-refractivity contribution in [2.24, 2.45) is 81.8 Å². The molecule has 0 bridgehead atoms. The SMILES string of the molecule is CC(CCCCn1c(=O)c2c(ncn2C)n(C)c1=O)OC(=O)/C=C/c1ccccc1.CC(CCCCn1c(=O)c2c(ncn2C)n(C)c1=O)OC(=O)C(C)C.CC(CCCCn1c(=O)c2c(ncn2C)n(C)c1=O)OCOC(=O)C(C)(C)C.CCCC(=O)OC(C)CCCCn1c(=O)c2c(ncn2C)n(C)c1=O.COc1cc(C(=O)OC(C)CCCCn2c(=O)c3c(ncn3C)n(C)c2=O)cc(OC)c1OC.